The van der Waals surface area contributed by atoms with Gasteiger partial charge in [0.15, 0.2) is 5.03 Å². The fourth-order valence-corrected chi connectivity index (χ4v) is 5.54. The second kappa shape index (κ2) is 11.5. The lowest BCUT2D eigenvalue weighted by Gasteiger charge is -2.38. The maximum Gasteiger partial charge on any atom is 0.280 e. The number of aliphatic hydroxyl groups is 1. The van der Waals surface area contributed by atoms with Gasteiger partial charge in [-0.25, -0.2) is 4.98 Å². The molecule has 0 unspecified atom stereocenters. The predicted octanol–water partition coefficient (Wildman–Crippen LogP) is 2.57. The van der Waals surface area contributed by atoms with Crippen LogP contribution in [-0.2, 0) is 23.6 Å². The standard InChI is InChI=1S/C27H35N5O5S/c1-19-13-32(20(2)17-33)27(34)23-12-22(29-38(35,36)26-16-31(4)18-28-26)10-11-24(23)37-25(19)15-30(3)14-21-8-6-5-7-9-21/h5-12,16,18-20,25,29,33H,13-15,17H2,1-4H3/t19-,20+,25+/m0/s1. The van der Waals surface area contributed by atoms with Crippen molar-refractivity contribution in [1.82, 2.24) is 19.4 Å². The van der Waals surface area contributed by atoms with Gasteiger partial charge in [-0.1, -0.05) is 37.3 Å². The van der Waals surface area contributed by atoms with E-state index in [9.17, 15) is 18.3 Å². The number of carbonyl (C=O) groups excluding carboxylic acids is 1. The van der Waals surface area contributed by atoms with E-state index in [1.54, 1.807) is 31.0 Å². The van der Waals surface area contributed by atoms with E-state index >= 15 is 0 Å². The van der Waals surface area contributed by atoms with Gasteiger partial charge in [0.25, 0.3) is 15.9 Å². The van der Waals surface area contributed by atoms with Gasteiger partial charge in [0.2, 0.25) is 0 Å². The number of likely N-dealkylation sites (N-methyl/N-ethyl adjacent to an activating group) is 1. The lowest BCUT2D eigenvalue weighted by atomic mass is 9.99. The van der Waals surface area contributed by atoms with Crippen LogP contribution < -0.4 is 9.46 Å². The molecule has 0 fully saturated rings. The van der Waals surface area contributed by atoms with Crippen LogP contribution in [0.3, 0.4) is 0 Å². The molecule has 1 aliphatic heterocycles. The van der Waals surface area contributed by atoms with Crippen molar-refractivity contribution in [2.75, 3.05) is 31.5 Å². The lowest BCUT2D eigenvalue weighted by Crippen LogP contribution is -2.49. The highest BCUT2D eigenvalue weighted by Gasteiger charge is 2.34. The molecule has 1 aliphatic rings. The Kier molecular flexibility index (Phi) is 8.39. The Labute approximate surface area is 223 Å². The van der Waals surface area contributed by atoms with Crippen molar-refractivity contribution in [3.8, 4) is 5.75 Å². The quantitative estimate of drug-likeness (QED) is 0.428. The number of fused-ring (bicyclic) bond motifs is 1. The van der Waals surface area contributed by atoms with Crippen LogP contribution >= 0.6 is 0 Å². The summed E-state index contributed by atoms with van der Waals surface area (Å²) in [5.41, 5.74) is 1.63. The Hall–Kier alpha value is -3.41. The number of amides is 1. The number of nitrogens with zero attached hydrogens (tertiary/aromatic N) is 4. The Morgan fingerprint density at radius 3 is 2.63 bits per heavy atom. The largest absolute Gasteiger partial charge is 0.488 e. The molecule has 0 aliphatic carbocycles. The first-order valence-electron chi connectivity index (χ1n) is 12.5. The number of carbonyl (C=O) groups is 1. The first kappa shape index (κ1) is 27.6. The van der Waals surface area contributed by atoms with Crippen LogP contribution in [0.25, 0.3) is 0 Å². The molecule has 10 nitrogen and oxygen atoms in total. The summed E-state index contributed by atoms with van der Waals surface area (Å²) in [5.74, 6) is 0.0145. The molecule has 204 valence electrons. The van der Waals surface area contributed by atoms with Crippen molar-refractivity contribution >= 4 is 21.6 Å². The third-order valence-corrected chi connectivity index (χ3v) is 7.93. The Bertz CT molecular complexity index is 1360. The van der Waals surface area contributed by atoms with Crippen molar-refractivity contribution in [2.24, 2.45) is 13.0 Å². The molecule has 4 rings (SSSR count). The van der Waals surface area contributed by atoms with Crippen LogP contribution in [0.5, 0.6) is 5.75 Å². The summed E-state index contributed by atoms with van der Waals surface area (Å²) >= 11 is 0. The number of aliphatic hydroxyl groups excluding tert-OH is 1. The zero-order valence-corrected chi connectivity index (χ0v) is 22.9. The zero-order chi connectivity index (χ0) is 27.4. The van der Waals surface area contributed by atoms with Gasteiger partial charge in [0.05, 0.1) is 24.5 Å². The maximum absolute atomic E-state index is 13.6. The van der Waals surface area contributed by atoms with E-state index in [-0.39, 0.29) is 40.8 Å². The van der Waals surface area contributed by atoms with Gasteiger partial charge in [-0.2, -0.15) is 8.42 Å². The maximum atomic E-state index is 13.6. The minimum Gasteiger partial charge on any atom is -0.488 e. The summed E-state index contributed by atoms with van der Waals surface area (Å²) in [6.07, 6.45) is 2.55. The third kappa shape index (κ3) is 6.35. The number of aryl methyl sites for hydroxylation is 1. The van der Waals surface area contributed by atoms with Crippen LogP contribution in [0.4, 0.5) is 5.69 Å². The van der Waals surface area contributed by atoms with Crippen LogP contribution in [0.15, 0.2) is 66.1 Å². The molecule has 3 atom stereocenters. The normalized spacial score (nSPS) is 18.9. The van der Waals surface area contributed by atoms with E-state index in [1.807, 2.05) is 32.2 Å². The van der Waals surface area contributed by atoms with Crippen molar-refractivity contribution in [2.45, 2.75) is 37.6 Å². The summed E-state index contributed by atoms with van der Waals surface area (Å²) < 4.78 is 36.1. The monoisotopic (exact) mass is 541 g/mol. The van der Waals surface area contributed by atoms with E-state index in [0.29, 0.717) is 18.8 Å². The van der Waals surface area contributed by atoms with Crippen LogP contribution in [0.2, 0.25) is 0 Å². The van der Waals surface area contributed by atoms with Gasteiger partial charge < -0.3 is 19.3 Å². The van der Waals surface area contributed by atoms with Crippen molar-refractivity contribution < 1.29 is 23.1 Å². The third-order valence-electron chi connectivity index (χ3n) is 6.66. The molecule has 0 bridgehead atoms. The molecule has 0 spiro atoms. The van der Waals surface area contributed by atoms with Gasteiger partial charge in [-0.05, 0) is 37.7 Å². The van der Waals surface area contributed by atoms with Gasteiger partial charge in [-0.3, -0.25) is 14.4 Å². The zero-order valence-electron chi connectivity index (χ0n) is 22.1. The average molecular weight is 542 g/mol. The fourth-order valence-electron chi connectivity index (χ4n) is 4.51. The molecule has 0 radical (unpaired) electrons. The number of aromatic nitrogens is 2. The molecule has 3 aromatic rings. The average Bonchev–Trinajstić information content (AvgIpc) is 3.34. The predicted molar refractivity (Wildman–Crippen MR) is 144 cm³/mol. The van der Waals surface area contributed by atoms with Crippen LogP contribution in [-0.4, -0.2) is 77.7 Å². The molecule has 2 heterocycles. The molecule has 11 heteroatoms. The molecule has 0 saturated heterocycles. The smallest absolute Gasteiger partial charge is 0.280 e. The molecular formula is C27H35N5O5S. The Balaban J connectivity index is 1.63. The molecular weight excluding hydrogens is 506 g/mol. The number of imidazole rings is 1. The SMILES string of the molecule is C[C@H](CO)N1C[C@H](C)[C@@H](CN(C)Cc2ccccc2)Oc2ccc(NS(=O)(=O)c3cn(C)cn3)cc2C1=O. The molecule has 1 amide bonds. The van der Waals surface area contributed by atoms with Crippen molar-refractivity contribution in [3.63, 3.8) is 0 Å². The number of hydrogen-bond acceptors (Lipinski definition) is 7. The summed E-state index contributed by atoms with van der Waals surface area (Å²) in [4.78, 5) is 21.4. The van der Waals surface area contributed by atoms with Crippen molar-refractivity contribution in [1.29, 1.82) is 0 Å². The van der Waals surface area contributed by atoms with Crippen molar-refractivity contribution in [3.05, 3.63) is 72.2 Å². The number of hydrogen-bond donors (Lipinski definition) is 2. The number of anilines is 1. The molecule has 2 aromatic carbocycles. The number of sulfonamides is 1. The Morgan fingerprint density at radius 2 is 1.97 bits per heavy atom. The van der Waals surface area contributed by atoms with Crippen LogP contribution in [0, 0.1) is 5.92 Å². The van der Waals surface area contributed by atoms with E-state index in [4.69, 9.17) is 4.74 Å². The second-order valence-electron chi connectivity index (χ2n) is 10.00. The topological polar surface area (TPSA) is 117 Å². The van der Waals surface area contributed by atoms with Gasteiger partial charge >= 0.3 is 0 Å². The Morgan fingerprint density at radius 1 is 1.24 bits per heavy atom. The van der Waals surface area contributed by atoms with E-state index in [2.05, 4.69) is 26.7 Å². The molecule has 2 N–H and O–H groups in total. The van der Waals surface area contributed by atoms with E-state index in [1.165, 1.54) is 28.7 Å². The highest BCUT2D eigenvalue weighted by atomic mass is 32.2. The fraction of sp³-hybridized carbons (Fsp3) is 0.407. The summed E-state index contributed by atoms with van der Waals surface area (Å²) in [6, 6.07) is 14.4. The van der Waals surface area contributed by atoms with E-state index in [0.717, 1.165) is 6.54 Å². The lowest BCUT2D eigenvalue weighted by molar-refractivity contribution is 0.0341. The summed E-state index contributed by atoms with van der Waals surface area (Å²) in [7, 11) is -0.242. The molecule has 0 saturated carbocycles. The number of benzene rings is 2. The first-order chi connectivity index (χ1) is 18.1. The van der Waals surface area contributed by atoms with Gasteiger partial charge in [0.1, 0.15) is 11.9 Å². The van der Waals surface area contributed by atoms with E-state index < -0.39 is 16.1 Å². The highest BCUT2D eigenvalue weighted by Crippen LogP contribution is 2.31. The second-order valence-corrected chi connectivity index (χ2v) is 11.6. The number of rotatable bonds is 9. The molecule has 38 heavy (non-hydrogen) atoms. The highest BCUT2D eigenvalue weighted by molar-refractivity contribution is 7.92. The van der Waals surface area contributed by atoms with Gasteiger partial charge in [0, 0.05) is 44.5 Å². The number of nitrogens with one attached hydrogen (secondary N) is 1. The van der Waals surface area contributed by atoms with Gasteiger partial charge in [-0.15, -0.1) is 0 Å². The van der Waals surface area contributed by atoms with Crippen LogP contribution in [0.1, 0.15) is 29.8 Å². The first-order valence-corrected chi connectivity index (χ1v) is 14.0. The summed E-state index contributed by atoms with van der Waals surface area (Å²) in [6.45, 7) is 5.36. The summed E-state index contributed by atoms with van der Waals surface area (Å²) in [5, 5.41) is 9.75. The minimum atomic E-state index is -3.95. The minimum absolute atomic E-state index is 0.0262. The molecule has 1 aromatic heterocycles. The number of ether oxygens (including phenoxy) is 1.